The summed E-state index contributed by atoms with van der Waals surface area (Å²) >= 11 is 0. The van der Waals surface area contributed by atoms with Crippen LogP contribution in [-0.4, -0.2) is 25.0 Å². The summed E-state index contributed by atoms with van der Waals surface area (Å²) in [5.41, 5.74) is 4.19. The van der Waals surface area contributed by atoms with Crippen molar-refractivity contribution in [3.8, 4) is 11.3 Å². The van der Waals surface area contributed by atoms with E-state index in [0.717, 1.165) is 35.6 Å². The first kappa shape index (κ1) is 12.6. The fourth-order valence-electron chi connectivity index (χ4n) is 2.09. The van der Waals surface area contributed by atoms with Gasteiger partial charge in [0.05, 0.1) is 17.6 Å². The van der Waals surface area contributed by atoms with Crippen molar-refractivity contribution in [1.82, 2.24) is 30.3 Å². The number of hydrogen-bond acceptors (Lipinski definition) is 4. The van der Waals surface area contributed by atoms with Crippen LogP contribution in [0.2, 0.25) is 0 Å². The Bertz CT molecular complexity index is 670. The number of aromatic amines is 1. The minimum absolute atomic E-state index is 0.733. The summed E-state index contributed by atoms with van der Waals surface area (Å²) in [6.07, 6.45) is 7.37. The van der Waals surface area contributed by atoms with E-state index in [0.29, 0.717) is 0 Å². The van der Waals surface area contributed by atoms with Gasteiger partial charge in [0.1, 0.15) is 0 Å². The first-order chi connectivity index (χ1) is 9.83. The third kappa shape index (κ3) is 2.75. The second kappa shape index (κ2) is 5.66. The summed E-state index contributed by atoms with van der Waals surface area (Å²) in [5, 5.41) is 14.8. The fraction of sp³-hybridized carbons (Fsp3) is 0.214. The van der Waals surface area contributed by atoms with Gasteiger partial charge in [-0.3, -0.25) is 14.8 Å². The van der Waals surface area contributed by atoms with Gasteiger partial charge in [-0.1, -0.05) is 0 Å². The van der Waals surface area contributed by atoms with E-state index in [4.69, 9.17) is 0 Å². The Morgan fingerprint density at radius 3 is 2.95 bits per heavy atom. The van der Waals surface area contributed by atoms with Crippen LogP contribution in [-0.2, 0) is 20.1 Å². The molecule has 3 aromatic heterocycles. The predicted octanol–water partition coefficient (Wildman–Crippen LogP) is 1.49. The molecule has 20 heavy (non-hydrogen) atoms. The highest BCUT2D eigenvalue weighted by Crippen LogP contribution is 2.19. The quantitative estimate of drug-likeness (QED) is 0.735. The molecule has 3 rings (SSSR count). The second-order valence-corrected chi connectivity index (χ2v) is 4.60. The van der Waals surface area contributed by atoms with Crippen LogP contribution in [0.3, 0.4) is 0 Å². The number of H-pyrrole nitrogens is 1. The molecule has 0 aromatic carbocycles. The number of rotatable bonds is 5. The van der Waals surface area contributed by atoms with Crippen molar-refractivity contribution >= 4 is 0 Å². The van der Waals surface area contributed by atoms with Gasteiger partial charge in [0.2, 0.25) is 0 Å². The lowest BCUT2D eigenvalue weighted by atomic mass is 10.1. The number of nitrogens with zero attached hydrogens (tertiary/aromatic N) is 4. The summed E-state index contributed by atoms with van der Waals surface area (Å²) in [5.74, 6) is 0. The number of aromatic nitrogens is 5. The minimum Gasteiger partial charge on any atom is -0.307 e. The van der Waals surface area contributed by atoms with Gasteiger partial charge in [0.15, 0.2) is 0 Å². The molecule has 0 fully saturated rings. The van der Waals surface area contributed by atoms with Gasteiger partial charge in [-0.2, -0.15) is 10.2 Å². The molecule has 0 saturated heterocycles. The highest BCUT2D eigenvalue weighted by atomic mass is 15.3. The van der Waals surface area contributed by atoms with Crippen LogP contribution in [0.25, 0.3) is 11.3 Å². The molecule has 0 unspecified atom stereocenters. The average molecular weight is 268 g/mol. The van der Waals surface area contributed by atoms with Crippen molar-refractivity contribution in [3.63, 3.8) is 0 Å². The van der Waals surface area contributed by atoms with E-state index in [1.807, 2.05) is 43.8 Å². The van der Waals surface area contributed by atoms with Crippen LogP contribution >= 0.6 is 0 Å². The maximum Gasteiger partial charge on any atom is 0.0762 e. The Kier molecular flexibility index (Phi) is 3.56. The van der Waals surface area contributed by atoms with E-state index in [1.54, 1.807) is 10.9 Å². The monoisotopic (exact) mass is 268 g/mol. The summed E-state index contributed by atoms with van der Waals surface area (Å²) < 4.78 is 1.80. The largest absolute Gasteiger partial charge is 0.307 e. The van der Waals surface area contributed by atoms with Gasteiger partial charge in [0.25, 0.3) is 0 Å². The molecular formula is C14H16N6. The van der Waals surface area contributed by atoms with Crippen molar-refractivity contribution in [2.24, 2.45) is 7.05 Å². The minimum atomic E-state index is 0.733. The first-order valence-corrected chi connectivity index (χ1v) is 6.45. The van der Waals surface area contributed by atoms with Crippen molar-refractivity contribution in [2.45, 2.75) is 13.1 Å². The molecule has 0 atom stereocenters. The molecule has 0 aliphatic heterocycles. The van der Waals surface area contributed by atoms with Crippen molar-refractivity contribution in [1.29, 1.82) is 0 Å². The summed E-state index contributed by atoms with van der Waals surface area (Å²) in [4.78, 5) is 4.13. The van der Waals surface area contributed by atoms with Crippen molar-refractivity contribution in [3.05, 3.63) is 54.2 Å². The highest BCUT2D eigenvalue weighted by Gasteiger charge is 2.07. The molecule has 0 aliphatic carbocycles. The molecule has 3 heterocycles. The molecule has 0 bridgehead atoms. The number of aryl methyl sites for hydroxylation is 1. The molecule has 0 aliphatic rings. The topological polar surface area (TPSA) is 71.4 Å². The third-order valence-corrected chi connectivity index (χ3v) is 3.06. The lowest BCUT2D eigenvalue weighted by molar-refractivity contribution is 0.657. The van der Waals surface area contributed by atoms with Crippen molar-refractivity contribution < 1.29 is 0 Å². The summed E-state index contributed by atoms with van der Waals surface area (Å²) in [7, 11) is 1.92. The first-order valence-electron chi connectivity index (χ1n) is 6.45. The molecule has 0 saturated carbocycles. The SMILES string of the molecule is Cn1ccc(CNCc2cn[nH]c2-c2cccnc2)n1. The molecule has 102 valence electrons. The Hall–Kier alpha value is -2.47. The second-order valence-electron chi connectivity index (χ2n) is 4.60. The maximum absolute atomic E-state index is 4.33. The molecule has 0 radical (unpaired) electrons. The van der Waals surface area contributed by atoms with Crippen LogP contribution in [0.1, 0.15) is 11.3 Å². The van der Waals surface area contributed by atoms with E-state index >= 15 is 0 Å². The van der Waals surface area contributed by atoms with Gasteiger partial charge in [-0.25, -0.2) is 0 Å². The van der Waals surface area contributed by atoms with Crippen molar-refractivity contribution in [2.75, 3.05) is 0 Å². The van der Waals surface area contributed by atoms with Gasteiger partial charge in [-0.05, 0) is 18.2 Å². The molecule has 0 amide bonds. The predicted molar refractivity (Wildman–Crippen MR) is 75.6 cm³/mol. The lowest BCUT2D eigenvalue weighted by Gasteiger charge is -2.04. The molecule has 0 spiro atoms. The highest BCUT2D eigenvalue weighted by molar-refractivity contribution is 5.61. The van der Waals surface area contributed by atoms with E-state index < -0.39 is 0 Å². The van der Waals surface area contributed by atoms with E-state index in [9.17, 15) is 0 Å². The number of nitrogens with one attached hydrogen (secondary N) is 2. The lowest BCUT2D eigenvalue weighted by Crippen LogP contribution is -2.13. The van der Waals surface area contributed by atoms with Crippen LogP contribution in [0.5, 0.6) is 0 Å². The molecule has 2 N–H and O–H groups in total. The molecule has 3 aromatic rings. The Balaban J connectivity index is 1.65. The zero-order valence-corrected chi connectivity index (χ0v) is 11.2. The van der Waals surface area contributed by atoms with E-state index in [1.165, 1.54) is 0 Å². The van der Waals surface area contributed by atoms with Crippen LogP contribution in [0.4, 0.5) is 0 Å². The average Bonchev–Trinajstić information content (AvgIpc) is 3.09. The van der Waals surface area contributed by atoms with Gasteiger partial charge in [0, 0.05) is 49.9 Å². The van der Waals surface area contributed by atoms with E-state index in [2.05, 4.69) is 25.6 Å². The Labute approximate surface area is 116 Å². The molecule has 6 nitrogen and oxygen atoms in total. The van der Waals surface area contributed by atoms with Gasteiger partial charge in [-0.15, -0.1) is 0 Å². The third-order valence-electron chi connectivity index (χ3n) is 3.06. The number of hydrogen-bond donors (Lipinski definition) is 2. The zero-order valence-electron chi connectivity index (χ0n) is 11.2. The van der Waals surface area contributed by atoms with Crippen LogP contribution in [0.15, 0.2) is 43.0 Å². The molecule has 6 heteroatoms. The summed E-state index contributed by atoms with van der Waals surface area (Å²) in [6, 6.07) is 5.94. The smallest absolute Gasteiger partial charge is 0.0762 e. The summed E-state index contributed by atoms with van der Waals surface area (Å²) in [6.45, 7) is 1.47. The van der Waals surface area contributed by atoms with Gasteiger partial charge < -0.3 is 5.32 Å². The zero-order chi connectivity index (χ0) is 13.8. The standard InChI is InChI=1S/C14H16N6/c1-20-6-4-13(19-20)10-16-8-12-9-17-18-14(12)11-3-2-5-15-7-11/h2-7,9,16H,8,10H2,1H3,(H,17,18). The Morgan fingerprint density at radius 1 is 1.25 bits per heavy atom. The Morgan fingerprint density at radius 2 is 2.20 bits per heavy atom. The molecular weight excluding hydrogens is 252 g/mol. The van der Waals surface area contributed by atoms with Crippen LogP contribution < -0.4 is 5.32 Å². The normalized spacial score (nSPS) is 10.8. The maximum atomic E-state index is 4.33. The van der Waals surface area contributed by atoms with E-state index in [-0.39, 0.29) is 0 Å². The van der Waals surface area contributed by atoms with Crippen LogP contribution in [0, 0.1) is 0 Å². The van der Waals surface area contributed by atoms with Gasteiger partial charge >= 0.3 is 0 Å². The fourth-order valence-corrected chi connectivity index (χ4v) is 2.09. The number of pyridine rings is 1.